The van der Waals surface area contributed by atoms with Crippen LogP contribution >= 0.6 is 0 Å². The van der Waals surface area contributed by atoms with Crippen molar-refractivity contribution in [2.45, 2.75) is 62.8 Å². The van der Waals surface area contributed by atoms with Crippen LogP contribution in [0.1, 0.15) is 48.8 Å². The molecule has 2 spiro atoms. The van der Waals surface area contributed by atoms with Crippen molar-refractivity contribution in [1.82, 2.24) is 10.6 Å². The third-order valence-electron chi connectivity index (χ3n) is 6.69. The fourth-order valence-electron chi connectivity index (χ4n) is 5.30. The zero-order valence-electron chi connectivity index (χ0n) is 15.6. The molecule has 4 rings (SSSR count). The number of aryl methyl sites for hydroxylation is 1. The number of alkyl halides is 3. The van der Waals surface area contributed by atoms with Gasteiger partial charge in [-0.15, -0.1) is 0 Å². The highest BCUT2D eigenvalue weighted by molar-refractivity contribution is 6.08. The van der Waals surface area contributed by atoms with Gasteiger partial charge in [-0.25, -0.2) is 4.79 Å². The normalized spacial score (nSPS) is 31.9. The van der Waals surface area contributed by atoms with Gasteiger partial charge in [0, 0.05) is 18.9 Å². The van der Waals surface area contributed by atoms with Crippen LogP contribution in [0.25, 0.3) is 0 Å². The number of nitrogens with one attached hydrogen (secondary N) is 2. The van der Waals surface area contributed by atoms with Gasteiger partial charge in [0.25, 0.3) is 5.91 Å². The standard InChI is InChI=1S/C20H23F3N2O3/c1-28-14-5-7-18(8-6-14)11-13-3-2-12(4-9-19(21,22)23)10-15(13)20(18)16(26)24-17(27)25-20/h2-3,10,14H,4-9,11H2,1H3,(H2,24,25,26,27). The third-order valence-corrected chi connectivity index (χ3v) is 6.69. The molecule has 28 heavy (non-hydrogen) atoms. The first-order chi connectivity index (χ1) is 13.2. The van der Waals surface area contributed by atoms with E-state index in [0.717, 1.165) is 18.4 Å². The van der Waals surface area contributed by atoms with Gasteiger partial charge < -0.3 is 10.1 Å². The molecule has 1 unspecified atom stereocenters. The Hall–Kier alpha value is -2.09. The molecule has 3 amide bonds. The van der Waals surface area contributed by atoms with Crippen molar-refractivity contribution in [3.05, 3.63) is 34.9 Å². The van der Waals surface area contributed by atoms with Crippen LogP contribution < -0.4 is 10.6 Å². The Labute approximate surface area is 161 Å². The van der Waals surface area contributed by atoms with E-state index in [9.17, 15) is 22.8 Å². The topological polar surface area (TPSA) is 67.4 Å². The number of carbonyl (C=O) groups excluding carboxylic acids is 2. The summed E-state index contributed by atoms with van der Waals surface area (Å²) in [7, 11) is 1.67. The fraction of sp³-hybridized carbons (Fsp3) is 0.600. The van der Waals surface area contributed by atoms with Crippen LogP contribution in [0.4, 0.5) is 18.0 Å². The summed E-state index contributed by atoms with van der Waals surface area (Å²) in [5.74, 6) is -0.403. The second-order valence-corrected chi connectivity index (χ2v) is 8.16. The van der Waals surface area contributed by atoms with E-state index in [2.05, 4.69) is 10.6 Å². The first-order valence-corrected chi connectivity index (χ1v) is 9.54. The maximum Gasteiger partial charge on any atom is 0.389 e. The van der Waals surface area contributed by atoms with E-state index >= 15 is 0 Å². The minimum Gasteiger partial charge on any atom is -0.381 e. The Bertz CT molecular complexity index is 815. The van der Waals surface area contributed by atoms with Gasteiger partial charge in [-0.1, -0.05) is 18.2 Å². The lowest BCUT2D eigenvalue weighted by atomic mass is 9.61. The molecule has 1 saturated carbocycles. The molecule has 152 valence electrons. The lowest BCUT2D eigenvalue weighted by molar-refractivity contribution is -0.134. The number of ether oxygens (including phenoxy) is 1. The van der Waals surface area contributed by atoms with Crippen molar-refractivity contribution in [2.24, 2.45) is 5.41 Å². The van der Waals surface area contributed by atoms with Gasteiger partial charge >= 0.3 is 12.2 Å². The average molecular weight is 396 g/mol. The second-order valence-electron chi connectivity index (χ2n) is 8.16. The number of benzene rings is 1. The minimum atomic E-state index is -4.24. The number of hydrogen-bond acceptors (Lipinski definition) is 3. The van der Waals surface area contributed by atoms with Crippen molar-refractivity contribution < 1.29 is 27.5 Å². The predicted molar refractivity (Wildman–Crippen MR) is 94.6 cm³/mol. The van der Waals surface area contributed by atoms with Gasteiger partial charge in [-0.2, -0.15) is 13.2 Å². The summed E-state index contributed by atoms with van der Waals surface area (Å²) in [6.45, 7) is 0. The van der Waals surface area contributed by atoms with Gasteiger partial charge in [0.15, 0.2) is 5.54 Å². The highest BCUT2D eigenvalue weighted by Crippen LogP contribution is 2.59. The molecule has 0 aromatic heterocycles. The molecule has 0 radical (unpaired) electrons. The number of urea groups is 1. The molecule has 1 atom stereocenters. The van der Waals surface area contributed by atoms with E-state index in [1.54, 1.807) is 19.2 Å². The minimum absolute atomic E-state index is 0.119. The zero-order valence-corrected chi connectivity index (χ0v) is 15.6. The summed E-state index contributed by atoms with van der Waals surface area (Å²) in [6, 6.07) is 4.65. The van der Waals surface area contributed by atoms with E-state index in [1.165, 1.54) is 0 Å². The van der Waals surface area contributed by atoms with Crippen molar-refractivity contribution in [1.29, 1.82) is 0 Å². The Balaban J connectivity index is 1.74. The van der Waals surface area contributed by atoms with Gasteiger partial charge in [0.1, 0.15) is 0 Å². The van der Waals surface area contributed by atoms with Crippen LogP contribution in [0.15, 0.2) is 18.2 Å². The maximum atomic E-state index is 13.0. The molecule has 3 aliphatic rings. The number of imide groups is 1. The Morgan fingerprint density at radius 3 is 2.50 bits per heavy atom. The molecule has 2 N–H and O–H groups in total. The van der Waals surface area contributed by atoms with Gasteiger partial charge in [-0.3, -0.25) is 10.1 Å². The van der Waals surface area contributed by atoms with E-state index in [0.29, 0.717) is 30.4 Å². The number of carbonyl (C=O) groups is 2. The molecule has 1 saturated heterocycles. The Morgan fingerprint density at radius 1 is 1.21 bits per heavy atom. The van der Waals surface area contributed by atoms with Crippen molar-refractivity contribution in [2.75, 3.05) is 7.11 Å². The van der Waals surface area contributed by atoms with E-state index in [1.807, 2.05) is 6.07 Å². The van der Waals surface area contributed by atoms with Crippen LogP contribution in [0.3, 0.4) is 0 Å². The molecule has 1 aromatic rings. The van der Waals surface area contributed by atoms with Gasteiger partial charge in [0.05, 0.1) is 6.10 Å². The van der Waals surface area contributed by atoms with Crippen molar-refractivity contribution in [3.8, 4) is 0 Å². The Morgan fingerprint density at radius 2 is 1.93 bits per heavy atom. The van der Waals surface area contributed by atoms with Crippen LogP contribution in [0.2, 0.25) is 0 Å². The molecule has 2 fully saturated rings. The number of methoxy groups -OCH3 is 1. The summed E-state index contributed by atoms with van der Waals surface area (Å²) in [6.07, 6.45) is -1.63. The molecule has 1 aromatic carbocycles. The average Bonchev–Trinajstić information content (AvgIpc) is 3.09. The van der Waals surface area contributed by atoms with Crippen LogP contribution in [-0.4, -0.2) is 31.3 Å². The molecule has 2 aliphatic carbocycles. The quantitative estimate of drug-likeness (QED) is 0.770. The first-order valence-electron chi connectivity index (χ1n) is 9.54. The molecular formula is C20H23F3N2O3. The highest BCUT2D eigenvalue weighted by Gasteiger charge is 2.66. The largest absolute Gasteiger partial charge is 0.389 e. The smallest absolute Gasteiger partial charge is 0.381 e. The number of hydrogen-bond donors (Lipinski definition) is 2. The third kappa shape index (κ3) is 2.89. The first kappa shape index (κ1) is 19.2. The number of amides is 3. The van der Waals surface area contributed by atoms with Crippen LogP contribution in [-0.2, 0) is 27.9 Å². The molecule has 1 heterocycles. The molecule has 5 nitrogen and oxygen atoms in total. The Kier molecular flexibility index (Phi) is 4.45. The van der Waals surface area contributed by atoms with Crippen LogP contribution in [0, 0.1) is 5.41 Å². The molecule has 1 aliphatic heterocycles. The molecule has 8 heteroatoms. The zero-order chi connectivity index (χ0) is 20.2. The van der Waals surface area contributed by atoms with Crippen molar-refractivity contribution >= 4 is 11.9 Å². The van der Waals surface area contributed by atoms with Gasteiger partial charge in [-0.05, 0) is 55.2 Å². The number of halogens is 3. The maximum absolute atomic E-state index is 13.0. The number of fused-ring (bicyclic) bond motifs is 3. The monoisotopic (exact) mass is 396 g/mol. The fourth-order valence-corrected chi connectivity index (χ4v) is 5.30. The van der Waals surface area contributed by atoms with E-state index in [-0.39, 0.29) is 12.5 Å². The lowest BCUT2D eigenvalue weighted by Gasteiger charge is -2.46. The second kappa shape index (κ2) is 6.47. The molecule has 0 bridgehead atoms. The SMILES string of the molecule is COC1CCC2(CC1)Cc1ccc(CCC(F)(F)F)cc1C21NC(=O)NC1=O. The summed E-state index contributed by atoms with van der Waals surface area (Å²) in [5.41, 5.74) is 0.387. The van der Waals surface area contributed by atoms with E-state index in [4.69, 9.17) is 4.74 Å². The summed E-state index contributed by atoms with van der Waals surface area (Å²) >= 11 is 0. The van der Waals surface area contributed by atoms with Crippen molar-refractivity contribution in [3.63, 3.8) is 0 Å². The lowest BCUT2D eigenvalue weighted by Crippen LogP contribution is -2.56. The highest BCUT2D eigenvalue weighted by atomic mass is 19.4. The van der Waals surface area contributed by atoms with E-state index < -0.39 is 35.5 Å². The summed E-state index contributed by atoms with van der Waals surface area (Å²) < 4.78 is 43.4. The predicted octanol–water partition coefficient (Wildman–Crippen LogP) is 3.35. The van der Waals surface area contributed by atoms with Crippen LogP contribution in [0.5, 0.6) is 0 Å². The summed E-state index contributed by atoms with van der Waals surface area (Å²) in [4.78, 5) is 25.1. The van der Waals surface area contributed by atoms with Gasteiger partial charge in [0.2, 0.25) is 0 Å². The summed E-state index contributed by atoms with van der Waals surface area (Å²) in [5, 5.41) is 5.23. The number of rotatable bonds is 3. The molecular weight excluding hydrogens is 373 g/mol.